The van der Waals surface area contributed by atoms with E-state index in [1.807, 2.05) is 36.4 Å². The molecule has 0 aliphatic rings. The molecule has 4 heteroatoms. The number of nitrogens with zero attached hydrogens (tertiary/aromatic N) is 1. The van der Waals surface area contributed by atoms with Gasteiger partial charge in [-0.15, -0.1) is 0 Å². The van der Waals surface area contributed by atoms with Gasteiger partial charge in [0.1, 0.15) is 0 Å². The number of benzene rings is 2. The van der Waals surface area contributed by atoms with E-state index in [0.29, 0.717) is 13.1 Å². The van der Waals surface area contributed by atoms with Gasteiger partial charge in [-0.2, -0.15) is 0 Å². The summed E-state index contributed by atoms with van der Waals surface area (Å²) in [5.41, 5.74) is 2.43. The van der Waals surface area contributed by atoms with E-state index in [4.69, 9.17) is 0 Å². The molecule has 2 aromatic rings. The first-order valence-electron chi connectivity index (χ1n) is 8.97. The molecule has 0 aliphatic heterocycles. The first-order chi connectivity index (χ1) is 12.2. The summed E-state index contributed by atoms with van der Waals surface area (Å²) < 4.78 is 0. The minimum atomic E-state index is 0.0663. The van der Waals surface area contributed by atoms with E-state index >= 15 is 0 Å². The monoisotopic (exact) mass is 339 g/mol. The molecule has 134 valence electrons. The fourth-order valence-electron chi connectivity index (χ4n) is 2.80. The number of carbonyl (C=O) groups excluding carboxylic acids is 1. The molecule has 2 rings (SSSR count). The lowest BCUT2D eigenvalue weighted by Gasteiger charge is -2.23. The average Bonchev–Trinajstić information content (AvgIpc) is 2.62. The predicted octanol–water partition coefficient (Wildman–Crippen LogP) is 2.80. The number of carbonyl (C=O) groups is 1. The highest BCUT2D eigenvalue weighted by Crippen LogP contribution is 2.09. The van der Waals surface area contributed by atoms with Crippen LogP contribution in [0.4, 0.5) is 0 Å². The van der Waals surface area contributed by atoms with Gasteiger partial charge in [-0.3, -0.25) is 9.69 Å². The summed E-state index contributed by atoms with van der Waals surface area (Å²) >= 11 is 0. The normalized spacial score (nSPS) is 12.1. The van der Waals surface area contributed by atoms with Crippen LogP contribution in [0, 0.1) is 0 Å². The Bertz CT molecular complexity index is 574. The molecule has 0 bridgehead atoms. The molecule has 2 N–H and O–H groups in total. The van der Waals surface area contributed by atoms with E-state index < -0.39 is 0 Å². The minimum Gasteiger partial charge on any atom is -0.353 e. The van der Waals surface area contributed by atoms with E-state index in [2.05, 4.69) is 53.6 Å². The first-order valence-corrected chi connectivity index (χ1v) is 8.97. The maximum atomic E-state index is 12.4. The quantitative estimate of drug-likeness (QED) is 0.700. The molecular weight excluding hydrogens is 310 g/mol. The SMILES string of the molecule is CCN[C@H](C)CNC(=O)CN(Cc1ccccc1)Cc1ccccc1. The van der Waals surface area contributed by atoms with Gasteiger partial charge < -0.3 is 10.6 Å². The van der Waals surface area contributed by atoms with Crippen LogP contribution in [0.3, 0.4) is 0 Å². The Hall–Kier alpha value is -2.17. The van der Waals surface area contributed by atoms with Gasteiger partial charge in [0.2, 0.25) is 5.91 Å². The van der Waals surface area contributed by atoms with Crippen molar-refractivity contribution < 1.29 is 4.79 Å². The zero-order valence-electron chi connectivity index (χ0n) is 15.2. The van der Waals surface area contributed by atoms with Crippen LogP contribution in [0.15, 0.2) is 60.7 Å². The number of hydrogen-bond donors (Lipinski definition) is 2. The second kappa shape index (κ2) is 10.6. The Morgan fingerprint density at radius 3 is 1.96 bits per heavy atom. The van der Waals surface area contributed by atoms with Crippen LogP contribution in [0.5, 0.6) is 0 Å². The highest BCUT2D eigenvalue weighted by molar-refractivity contribution is 5.78. The molecule has 0 fully saturated rings. The lowest BCUT2D eigenvalue weighted by Crippen LogP contribution is -2.42. The second-order valence-electron chi connectivity index (χ2n) is 6.38. The van der Waals surface area contributed by atoms with Crippen LogP contribution in [0.25, 0.3) is 0 Å². The fraction of sp³-hybridized carbons (Fsp3) is 0.381. The largest absolute Gasteiger partial charge is 0.353 e. The minimum absolute atomic E-state index is 0.0663. The third-order valence-corrected chi connectivity index (χ3v) is 4.02. The molecule has 0 radical (unpaired) electrons. The van der Waals surface area contributed by atoms with E-state index in [-0.39, 0.29) is 11.9 Å². The molecule has 4 nitrogen and oxygen atoms in total. The second-order valence-corrected chi connectivity index (χ2v) is 6.38. The van der Waals surface area contributed by atoms with E-state index in [0.717, 1.165) is 19.6 Å². The van der Waals surface area contributed by atoms with Gasteiger partial charge in [-0.05, 0) is 24.6 Å². The standard InChI is InChI=1S/C21H29N3O/c1-3-22-18(2)14-23-21(25)17-24(15-19-10-6-4-7-11-19)16-20-12-8-5-9-13-20/h4-13,18,22H,3,14-17H2,1-2H3,(H,23,25)/t18-/m1/s1. The molecule has 1 atom stereocenters. The van der Waals surface area contributed by atoms with E-state index in [1.54, 1.807) is 0 Å². The van der Waals surface area contributed by atoms with Crippen molar-refractivity contribution in [3.63, 3.8) is 0 Å². The van der Waals surface area contributed by atoms with Crippen molar-refractivity contribution in [1.82, 2.24) is 15.5 Å². The summed E-state index contributed by atoms with van der Waals surface area (Å²) in [5, 5.41) is 6.33. The fourth-order valence-corrected chi connectivity index (χ4v) is 2.80. The van der Waals surface area contributed by atoms with Crippen molar-refractivity contribution in [2.24, 2.45) is 0 Å². The van der Waals surface area contributed by atoms with Gasteiger partial charge in [0, 0.05) is 25.7 Å². The summed E-state index contributed by atoms with van der Waals surface area (Å²) in [6.45, 7) is 7.61. The molecular formula is C21H29N3O. The summed E-state index contributed by atoms with van der Waals surface area (Å²) in [7, 11) is 0. The van der Waals surface area contributed by atoms with Crippen molar-refractivity contribution in [2.45, 2.75) is 33.0 Å². The molecule has 25 heavy (non-hydrogen) atoms. The van der Waals surface area contributed by atoms with Crippen LogP contribution < -0.4 is 10.6 Å². The number of likely N-dealkylation sites (N-methyl/N-ethyl adjacent to an activating group) is 1. The molecule has 0 spiro atoms. The average molecular weight is 339 g/mol. The number of nitrogens with one attached hydrogen (secondary N) is 2. The third-order valence-electron chi connectivity index (χ3n) is 4.02. The lowest BCUT2D eigenvalue weighted by molar-refractivity contribution is -0.122. The molecule has 0 saturated carbocycles. The van der Waals surface area contributed by atoms with Crippen LogP contribution >= 0.6 is 0 Å². The van der Waals surface area contributed by atoms with Gasteiger partial charge in [0.05, 0.1) is 6.54 Å². The molecule has 1 amide bonds. The summed E-state index contributed by atoms with van der Waals surface area (Å²) in [4.78, 5) is 14.5. The van der Waals surface area contributed by atoms with Crippen molar-refractivity contribution >= 4 is 5.91 Å². The number of rotatable bonds is 10. The summed E-state index contributed by atoms with van der Waals surface area (Å²) in [6.07, 6.45) is 0. The van der Waals surface area contributed by atoms with Crippen molar-refractivity contribution in [2.75, 3.05) is 19.6 Å². The highest BCUT2D eigenvalue weighted by Gasteiger charge is 2.13. The lowest BCUT2D eigenvalue weighted by atomic mass is 10.1. The van der Waals surface area contributed by atoms with Crippen LogP contribution in [-0.2, 0) is 17.9 Å². The Kier molecular flexibility index (Phi) is 8.16. The van der Waals surface area contributed by atoms with Gasteiger partial charge in [-0.1, -0.05) is 67.6 Å². The van der Waals surface area contributed by atoms with Crippen LogP contribution in [0.1, 0.15) is 25.0 Å². The molecule has 0 heterocycles. The van der Waals surface area contributed by atoms with Crippen molar-refractivity contribution in [3.8, 4) is 0 Å². The Morgan fingerprint density at radius 2 is 1.48 bits per heavy atom. The molecule has 0 unspecified atom stereocenters. The summed E-state index contributed by atoms with van der Waals surface area (Å²) in [5.74, 6) is 0.0663. The maximum Gasteiger partial charge on any atom is 0.234 e. The number of amides is 1. The van der Waals surface area contributed by atoms with Crippen molar-refractivity contribution in [3.05, 3.63) is 71.8 Å². The van der Waals surface area contributed by atoms with Crippen molar-refractivity contribution in [1.29, 1.82) is 0 Å². The Balaban J connectivity index is 1.94. The molecule has 0 saturated heterocycles. The topological polar surface area (TPSA) is 44.4 Å². The van der Waals surface area contributed by atoms with E-state index in [1.165, 1.54) is 11.1 Å². The zero-order chi connectivity index (χ0) is 17.9. The molecule has 2 aromatic carbocycles. The highest BCUT2D eigenvalue weighted by atomic mass is 16.2. The smallest absolute Gasteiger partial charge is 0.234 e. The van der Waals surface area contributed by atoms with Gasteiger partial charge in [0.25, 0.3) is 0 Å². The molecule has 0 aliphatic carbocycles. The van der Waals surface area contributed by atoms with Crippen LogP contribution in [-0.4, -0.2) is 36.5 Å². The van der Waals surface area contributed by atoms with E-state index in [9.17, 15) is 4.79 Å². The number of hydrogen-bond acceptors (Lipinski definition) is 3. The predicted molar refractivity (Wildman–Crippen MR) is 103 cm³/mol. The third kappa shape index (κ3) is 7.50. The van der Waals surface area contributed by atoms with Gasteiger partial charge in [-0.25, -0.2) is 0 Å². The van der Waals surface area contributed by atoms with Crippen LogP contribution in [0.2, 0.25) is 0 Å². The zero-order valence-corrected chi connectivity index (χ0v) is 15.2. The van der Waals surface area contributed by atoms with Gasteiger partial charge in [0.15, 0.2) is 0 Å². The first kappa shape index (κ1) is 19.2. The maximum absolute atomic E-state index is 12.4. The Labute approximate surface area is 151 Å². The molecule has 0 aromatic heterocycles. The summed E-state index contributed by atoms with van der Waals surface area (Å²) in [6, 6.07) is 20.9. The Morgan fingerprint density at radius 1 is 0.960 bits per heavy atom. The van der Waals surface area contributed by atoms with Gasteiger partial charge >= 0.3 is 0 Å².